The number of aromatic nitrogens is 1. The van der Waals surface area contributed by atoms with Gasteiger partial charge in [0.25, 0.3) is 0 Å². The van der Waals surface area contributed by atoms with Crippen LogP contribution in [0.4, 0.5) is 0 Å². The van der Waals surface area contributed by atoms with Gasteiger partial charge in [-0.15, -0.1) is 0 Å². The first-order chi connectivity index (χ1) is 19.8. The summed E-state index contributed by atoms with van der Waals surface area (Å²) in [4.78, 5) is 15.7. The van der Waals surface area contributed by atoms with E-state index in [1.54, 1.807) is 6.92 Å². The SMILES string of the molecule is COc1[nH]c(CC=C(C)CC=CC(C)=CC(C)C(OC2OC(CO)C(O)C(O)C2O)C2(C)OC2C)c(C)c(=O)c1OC. The summed E-state index contributed by atoms with van der Waals surface area (Å²) in [5, 5.41) is 40.3. The number of hydrogen-bond donors (Lipinski definition) is 5. The van der Waals surface area contributed by atoms with Crippen molar-refractivity contribution in [3.63, 3.8) is 0 Å². The molecule has 1 aromatic heterocycles. The molecule has 11 nitrogen and oxygen atoms in total. The van der Waals surface area contributed by atoms with E-state index in [0.29, 0.717) is 24.3 Å². The molecule has 3 rings (SSSR count). The lowest BCUT2D eigenvalue weighted by atomic mass is 9.89. The van der Waals surface area contributed by atoms with Gasteiger partial charge in [0.15, 0.2) is 6.29 Å². The third kappa shape index (κ3) is 7.52. The van der Waals surface area contributed by atoms with E-state index in [1.165, 1.54) is 14.2 Å². The Kier molecular flexibility index (Phi) is 11.6. The summed E-state index contributed by atoms with van der Waals surface area (Å²) >= 11 is 0. The summed E-state index contributed by atoms with van der Waals surface area (Å²) in [6.07, 6.45) is 2.04. The summed E-state index contributed by atoms with van der Waals surface area (Å²) < 4.78 is 28.1. The number of epoxide rings is 1. The van der Waals surface area contributed by atoms with Gasteiger partial charge in [-0.05, 0) is 41.0 Å². The highest BCUT2D eigenvalue weighted by atomic mass is 16.7. The monoisotopic (exact) mass is 593 g/mol. The van der Waals surface area contributed by atoms with Crippen molar-refractivity contribution in [2.24, 2.45) is 5.92 Å². The van der Waals surface area contributed by atoms with Crippen molar-refractivity contribution in [1.82, 2.24) is 4.98 Å². The van der Waals surface area contributed by atoms with Crippen LogP contribution in [0.15, 0.2) is 40.2 Å². The zero-order chi connectivity index (χ0) is 31.4. The van der Waals surface area contributed by atoms with Crippen LogP contribution in [-0.4, -0.2) is 94.8 Å². The van der Waals surface area contributed by atoms with Gasteiger partial charge in [0.1, 0.15) is 30.0 Å². The smallest absolute Gasteiger partial charge is 0.238 e. The third-order valence-corrected chi connectivity index (χ3v) is 8.23. The number of allylic oxidation sites excluding steroid dienone is 5. The van der Waals surface area contributed by atoms with Gasteiger partial charge >= 0.3 is 0 Å². The Morgan fingerprint density at radius 2 is 1.81 bits per heavy atom. The van der Waals surface area contributed by atoms with Crippen LogP contribution in [-0.2, 0) is 20.6 Å². The summed E-state index contributed by atoms with van der Waals surface area (Å²) in [5.41, 5.74) is 2.64. The quantitative estimate of drug-likeness (QED) is 0.130. The lowest BCUT2D eigenvalue weighted by Crippen LogP contribution is -2.60. The molecule has 2 saturated heterocycles. The third-order valence-electron chi connectivity index (χ3n) is 8.23. The normalized spacial score (nSPS) is 31.7. The molecular formula is C31H47NO10. The van der Waals surface area contributed by atoms with E-state index >= 15 is 0 Å². The number of rotatable bonds is 13. The van der Waals surface area contributed by atoms with Gasteiger partial charge in [0, 0.05) is 23.6 Å². The molecule has 0 amide bonds. The Hall–Kier alpha value is -2.51. The van der Waals surface area contributed by atoms with Gasteiger partial charge in [-0.2, -0.15) is 0 Å². The number of aromatic amines is 1. The molecule has 9 unspecified atom stereocenters. The lowest BCUT2D eigenvalue weighted by Gasteiger charge is -2.42. The molecule has 0 aromatic carbocycles. The van der Waals surface area contributed by atoms with E-state index < -0.39 is 49.0 Å². The van der Waals surface area contributed by atoms with Gasteiger partial charge in [-0.1, -0.05) is 42.4 Å². The van der Waals surface area contributed by atoms with Crippen LogP contribution < -0.4 is 14.9 Å². The first kappa shape index (κ1) is 34.0. The number of aliphatic hydroxyl groups is 4. The molecule has 9 atom stereocenters. The molecule has 0 radical (unpaired) electrons. The molecule has 2 aliphatic rings. The maximum Gasteiger partial charge on any atom is 0.238 e. The first-order valence-corrected chi connectivity index (χ1v) is 14.3. The van der Waals surface area contributed by atoms with Crippen LogP contribution in [0.1, 0.15) is 52.3 Å². The van der Waals surface area contributed by atoms with Crippen molar-refractivity contribution in [2.45, 2.75) is 103 Å². The first-order valence-electron chi connectivity index (χ1n) is 14.3. The zero-order valence-corrected chi connectivity index (χ0v) is 25.8. The van der Waals surface area contributed by atoms with E-state index in [1.807, 2.05) is 46.8 Å². The highest BCUT2D eigenvalue weighted by Crippen LogP contribution is 2.44. The lowest BCUT2D eigenvalue weighted by molar-refractivity contribution is -0.317. The fraction of sp³-hybridized carbons (Fsp3) is 0.645. The molecule has 11 heteroatoms. The van der Waals surface area contributed by atoms with E-state index in [9.17, 15) is 25.2 Å². The van der Waals surface area contributed by atoms with Crippen molar-refractivity contribution in [2.75, 3.05) is 20.8 Å². The summed E-state index contributed by atoms with van der Waals surface area (Å²) in [6, 6.07) is 0. The van der Waals surface area contributed by atoms with Crippen LogP contribution in [0.3, 0.4) is 0 Å². The summed E-state index contributed by atoms with van der Waals surface area (Å²) in [5.74, 6) is 0.299. The number of nitrogens with one attached hydrogen (secondary N) is 1. The molecule has 2 aliphatic heterocycles. The van der Waals surface area contributed by atoms with Crippen LogP contribution in [0.25, 0.3) is 0 Å². The number of aliphatic hydroxyl groups excluding tert-OH is 4. The second-order valence-electron chi connectivity index (χ2n) is 11.5. The Balaban J connectivity index is 1.67. The average molecular weight is 594 g/mol. The fourth-order valence-electron chi connectivity index (χ4n) is 5.33. The van der Waals surface area contributed by atoms with E-state index in [0.717, 1.165) is 16.8 Å². The molecule has 2 fully saturated rings. The van der Waals surface area contributed by atoms with Gasteiger partial charge in [-0.3, -0.25) is 4.79 Å². The molecule has 0 spiro atoms. The molecular weight excluding hydrogens is 546 g/mol. The van der Waals surface area contributed by atoms with Crippen molar-refractivity contribution in [3.05, 3.63) is 56.9 Å². The highest BCUT2D eigenvalue weighted by Gasteiger charge is 2.58. The average Bonchev–Trinajstić information content (AvgIpc) is 3.57. The van der Waals surface area contributed by atoms with Crippen molar-refractivity contribution in [1.29, 1.82) is 0 Å². The molecule has 236 valence electrons. The minimum atomic E-state index is -1.52. The van der Waals surface area contributed by atoms with Gasteiger partial charge in [0.05, 0.1) is 33.0 Å². The highest BCUT2D eigenvalue weighted by molar-refractivity contribution is 5.40. The van der Waals surface area contributed by atoms with Crippen molar-refractivity contribution in [3.8, 4) is 11.6 Å². The summed E-state index contributed by atoms with van der Waals surface area (Å²) in [6.45, 7) is 11.1. The van der Waals surface area contributed by atoms with Gasteiger partial charge < -0.3 is 49.1 Å². The minimum absolute atomic E-state index is 0.0869. The van der Waals surface area contributed by atoms with Crippen LogP contribution in [0.5, 0.6) is 11.6 Å². The number of hydrogen-bond acceptors (Lipinski definition) is 10. The van der Waals surface area contributed by atoms with Gasteiger partial charge in [0.2, 0.25) is 17.1 Å². The van der Waals surface area contributed by atoms with Crippen molar-refractivity contribution < 1.29 is 44.1 Å². The van der Waals surface area contributed by atoms with Crippen LogP contribution >= 0.6 is 0 Å². The van der Waals surface area contributed by atoms with E-state index in [-0.39, 0.29) is 23.2 Å². The minimum Gasteiger partial charge on any atom is -0.488 e. The summed E-state index contributed by atoms with van der Waals surface area (Å²) in [7, 11) is 2.92. The number of pyridine rings is 1. The molecule has 0 bridgehead atoms. The fourth-order valence-corrected chi connectivity index (χ4v) is 5.33. The molecule has 42 heavy (non-hydrogen) atoms. The Labute approximate surface area is 247 Å². The Bertz CT molecular complexity index is 1220. The standard InChI is InChI=1S/C31H47NO10/c1-16(12-13-21-19(4)23(34)27(38-7)29(32-21)39-8)10-9-11-17(2)14-18(3)28(31(6)20(5)42-31)41-30-26(37)25(36)24(35)22(15-33)40-30/h9,11-12,14,18,20,22,24-26,28,30,33,35-37H,10,13,15H2,1-8H3,(H,32,34). The maximum atomic E-state index is 12.6. The van der Waals surface area contributed by atoms with E-state index in [2.05, 4.69) is 17.1 Å². The van der Waals surface area contributed by atoms with Crippen LogP contribution in [0, 0.1) is 12.8 Å². The molecule has 3 heterocycles. The largest absolute Gasteiger partial charge is 0.488 e. The Morgan fingerprint density at radius 3 is 2.38 bits per heavy atom. The topological polar surface area (TPSA) is 163 Å². The maximum absolute atomic E-state index is 12.6. The van der Waals surface area contributed by atoms with Crippen LogP contribution in [0.2, 0.25) is 0 Å². The second kappa shape index (κ2) is 14.3. The van der Waals surface area contributed by atoms with Gasteiger partial charge in [-0.25, -0.2) is 0 Å². The molecule has 1 aromatic rings. The Morgan fingerprint density at radius 1 is 1.14 bits per heavy atom. The predicted octanol–water partition coefficient (Wildman–Crippen LogP) is 2.08. The van der Waals surface area contributed by atoms with Crippen molar-refractivity contribution >= 4 is 0 Å². The molecule has 5 N–H and O–H groups in total. The zero-order valence-electron chi connectivity index (χ0n) is 25.8. The number of ether oxygens (including phenoxy) is 5. The second-order valence-corrected chi connectivity index (χ2v) is 11.5. The molecule has 0 aliphatic carbocycles. The van der Waals surface area contributed by atoms with E-state index in [4.69, 9.17) is 23.7 Å². The predicted molar refractivity (Wildman–Crippen MR) is 157 cm³/mol. The number of methoxy groups -OCH3 is 2. The molecule has 0 saturated carbocycles. The number of H-pyrrole nitrogens is 1.